The molecule has 0 radical (unpaired) electrons. The second-order valence-electron chi connectivity index (χ2n) is 4.39. The molecule has 0 spiro atoms. The van der Waals surface area contributed by atoms with Crippen LogP contribution in [-0.4, -0.2) is 23.0 Å². The molecule has 1 aliphatic carbocycles. The zero-order chi connectivity index (χ0) is 13.1. The molecule has 0 unspecified atom stereocenters. The van der Waals surface area contributed by atoms with Crippen LogP contribution >= 0.6 is 11.6 Å². The Morgan fingerprint density at radius 2 is 2.11 bits per heavy atom. The smallest absolute Gasteiger partial charge is 0.334 e. The van der Waals surface area contributed by atoms with Crippen LogP contribution in [-0.2, 0) is 17.3 Å². The standard InChI is InChI=1S/C10H9ClFN3O2S/c1-15-4-6(18(12,16)17)7-8(11)13-9(5-2-3-5)14-10(7)15/h4-5H,2-3H2,1H3. The van der Waals surface area contributed by atoms with Crippen molar-refractivity contribution in [3.05, 3.63) is 17.2 Å². The molecule has 1 aliphatic rings. The fourth-order valence-electron chi connectivity index (χ4n) is 1.92. The highest BCUT2D eigenvalue weighted by molar-refractivity contribution is 7.86. The summed E-state index contributed by atoms with van der Waals surface area (Å²) >= 11 is 5.96. The average molecular weight is 290 g/mol. The summed E-state index contributed by atoms with van der Waals surface area (Å²) in [6.45, 7) is 0. The van der Waals surface area contributed by atoms with Gasteiger partial charge in [-0.15, -0.1) is 3.89 Å². The first-order valence-electron chi connectivity index (χ1n) is 5.35. The number of rotatable bonds is 2. The normalized spacial score (nSPS) is 16.4. The predicted octanol–water partition coefficient (Wildman–Crippen LogP) is 2.16. The minimum atomic E-state index is -4.83. The van der Waals surface area contributed by atoms with Crippen LogP contribution in [0.2, 0.25) is 5.15 Å². The quantitative estimate of drug-likeness (QED) is 0.628. The Kier molecular flexibility index (Phi) is 2.40. The molecule has 0 N–H and O–H groups in total. The zero-order valence-electron chi connectivity index (χ0n) is 9.39. The number of aryl methyl sites for hydroxylation is 1. The van der Waals surface area contributed by atoms with Gasteiger partial charge in [0.15, 0.2) is 0 Å². The molecule has 96 valence electrons. The third-order valence-corrected chi connectivity index (χ3v) is 4.07. The molecule has 1 saturated carbocycles. The lowest BCUT2D eigenvalue weighted by atomic mass is 10.3. The van der Waals surface area contributed by atoms with Gasteiger partial charge in [-0.1, -0.05) is 11.6 Å². The topological polar surface area (TPSA) is 64.8 Å². The first kappa shape index (κ1) is 11.9. The summed E-state index contributed by atoms with van der Waals surface area (Å²) in [4.78, 5) is 7.85. The van der Waals surface area contributed by atoms with Gasteiger partial charge in [-0.05, 0) is 12.8 Å². The minimum Gasteiger partial charge on any atom is -0.334 e. The van der Waals surface area contributed by atoms with E-state index in [1.54, 1.807) is 7.05 Å². The van der Waals surface area contributed by atoms with E-state index in [0.29, 0.717) is 11.5 Å². The second kappa shape index (κ2) is 3.64. The van der Waals surface area contributed by atoms with E-state index in [1.807, 2.05) is 0 Å². The van der Waals surface area contributed by atoms with Crippen molar-refractivity contribution in [2.24, 2.45) is 7.05 Å². The first-order valence-corrected chi connectivity index (χ1v) is 7.11. The molecule has 2 heterocycles. The Labute approximate surface area is 108 Å². The first-order chi connectivity index (χ1) is 8.38. The summed E-state index contributed by atoms with van der Waals surface area (Å²) in [5.74, 6) is 0.878. The van der Waals surface area contributed by atoms with Gasteiger partial charge in [-0.3, -0.25) is 0 Å². The fraction of sp³-hybridized carbons (Fsp3) is 0.400. The van der Waals surface area contributed by atoms with Crippen molar-refractivity contribution >= 4 is 32.9 Å². The van der Waals surface area contributed by atoms with Gasteiger partial charge >= 0.3 is 10.2 Å². The summed E-state index contributed by atoms with van der Waals surface area (Å²) in [5, 5.41) is 0.0322. The van der Waals surface area contributed by atoms with Crippen LogP contribution < -0.4 is 0 Å². The molecule has 0 aliphatic heterocycles. The monoisotopic (exact) mass is 289 g/mol. The molecule has 3 rings (SSSR count). The van der Waals surface area contributed by atoms with Crippen LogP contribution in [0.1, 0.15) is 24.6 Å². The number of hydrogen-bond acceptors (Lipinski definition) is 4. The third kappa shape index (κ3) is 1.78. The van der Waals surface area contributed by atoms with Gasteiger partial charge in [-0.2, -0.15) is 8.42 Å². The number of aromatic nitrogens is 3. The van der Waals surface area contributed by atoms with E-state index in [2.05, 4.69) is 9.97 Å². The zero-order valence-corrected chi connectivity index (χ0v) is 11.0. The van der Waals surface area contributed by atoms with Gasteiger partial charge in [0.25, 0.3) is 0 Å². The van der Waals surface area contributed by atoms with Crippen molar-refractivity contribution in [1.29, 1.82) is 0 Å². The Morgan fingerprint density at radius 3 is 2.67 bits per heavy atom. The highest BCUT2D eigenvalue weighted by atomic mass is 35.5. The van der Waals surface area contributed by atoms with Gasteiger partial charge in [0, 0.05) is 19.2 Å². The van der Waals surface area contributed by atoms with Crippen LogP contribution in [0.3, 0.4) is 0 Å². The van der Waals surface area contributed by atoms with Crippen LogP contribution in [0.15, 0.2) is 11.1 Å². The Morgan fingerprint density at radius 1 is 1.44 bits per heavy atom. The SMILES string of the molecule is Cn1cc(S(=O)(=O)F)c2c(Cl)nc(C3CC3)nc21. The molecule has 8 heteroatoms. The molecule has 0 bridgehead atoms. The van der Waals surface area contributed by atoms with Gasteiger partial charge < -0.3 is 4.57 Å². The van der Waals surface area contributed by atoms with Crippen molar-refractivity contribution in [2.75, 3.05) is 0 Å². The maximum atomic E-state index is 13.2. The van der Waals surface area contributed by atoms with E-state index < -0.39 is 15.1 Å². The van der Waals surface area contributed by atoms with Crippen molar-refractivity contribution in [3.63, 3.8) is 0 Å². The molecular formula is C10H9ClFN3O2S. The van der Waals surface area contributed by atoms with Crippen LogP contribution in [0.25, 0.3) is 11.0 Å². The lowest BCUT2D eigenvalue weighted by Crippen LogP contribution is -1.97. The maximum Gasteiger partial charge on any atom is 0.334 e. The highest BCUT2D eigenvalue weighted by Crippen LogP contribution is 2.40. The Bertz CT molecular complexity index is 752. The Balaban J connectivity index is 2.37. The van der Waals surface area contributed by atoms with Crippen molar-refractivity contribution < 1.29 is 12.3 Å². The predicted molar refractivity (Wildman–Crippen MR) is 63.8 cm³/mol. The van der Waals surface area contributed by atoms with Gasteiger partial charge in [0.05, 0.1) is 5.39 Å². The van der Waals surface area contributed by atoms with Gasteiger partial charge in [-0.25, -0.2) is 9.97 Å². The highest BCUT2D eigenvalue weighted by Gasteiger charge is 2.30. The molecule has 2 aromatic rings. The minimum absolute atomic E-state index is 0.0151. The summed E-state index contributed by atoms with van der Waals surface area (Å²) in [7, 11) is -3.24. The molecular weight excluding hydrogens is 281 g/mol. The molecule has 2 aromatic heterocycles. The van der Waals surface area contributed by atoms with E-state index in [4.69, 9.17) is 11.6 Å². The molecule has 1 fully saturated rings. The number of fused-ring (bicyclic) bond motifs is 1. The van der Waals surface area contributed by atoms with E-state index in [0.717, 1.165) is 19.0 Å². The summed E-state index contributed by atoms with van der Waals surface area (Å²) in [5.41, 5.74) is 0.341. The lowest BCUT2D eigenvalue weighted by Gasteiger charge is -2.01. The largest absolute Gasteiger partial charge is 0.334 e. The number of halogens is 2. The summed E-state index contributed by atoms with van der Waals surface area (Å²) < 4.78 is 36.7. The molecule has 0 atom stereocenters. The van der Waals surface area contributed by atoms with Crippen molar-refractivity contribution in [1.82, 2.24) is 14.5 Å². The van der Waals surface area contributed by atoms with Crippen LogP contribution in [0.4, 0.5) is 3.89 Å². The van der Waals surface area contributed by atoms with E-state index in [1.165, 1.54) is 4.57 Å². The van der Waals surface area contributed by atoms with Crippen molar-refractivity contribution in [2.45, 2.75) is 23.7 Å². The van der Waals surface area contributed by atoms with Crippen LogP contribution in [0.5, 0.6) is 0 Å². The summed E-state index contributed by atoms with van der Waals surface area (Å²) in [6, 6.07) is 0. The Hall–Kier alpha value is -1.21. The van der Waals surface area contributed by atoms with Gasteiger partial charge in [0.1, 0.15) is 21.5 Å². The maximum absolute atomic E-state index is 13.2. The van der Waals surface area contributed by atoms with E-state index >= 15 is 0 Å². The van der Waals surface area contributed by atoms with E-state index in [9.17, 15) is 12.3 Å². The molecule has 0 amide bonds. The molecule has 0 aromatic carbocycles. The number of nitrogens with zero attached hydrogens (tertiary/aromatic N) is 3. The van der Waals surface area contributed by atoms with E-state index in [-0.39, 0.29) is 16.5 Å². The second-order valence-corrected chi connectivity index (χ2v) is 6.06. The molecule has 18 heavy (non-hydrogen) atoms. The number of hydrogen-bond donors (Lipinski definition) is 0. The third-order valence-electron chi connectivity index (χ3n) is 2.96. The average Bonchev–Trinajstić information content (AvgIpc) is 3.03. The molecule has 0 saturated heterocycles. The summed E-state index contributed by atoms with van der Waals surface area (Å²) in [6.07, 6.45) is 3.16. The lowest BCUT2D eigenvalue weighted by molar-refractivity contribution is 0.552. The van der Waals surface area contributed by atoms with Crippen molar-refractivity contribution in [3.8, 4) is 0 Å². The van der Waals surface area contributed by atoms with Crippen LogP contribution in [0, 0.1) is 0 Å². The van der Waals surface area contributed by atoms with Gasteiger partial charge in [0.2, 0.25) is 0 Å². The molecule has 5 nitrogen and oxygen atoms in total. The fourth-order valence-corrected chi connectivity index (χ4v) is 2.96.